The predicted octanol–water partition coefficient (Wildman–Crippen LogP) is 1.12. The Balaban J connectivity index is 2.20. The number of nitrogen functional groups attached to an aromatic ring is 1. The van der Waals surface area contributed by atoms with Gasteiger partial charge in [-0.1, -0.05) is 6.92 Å². The lowest BCUT2D eigenvalue weighted by molar-refractivity contribution is 0.894. The summed E-state index contributed by atoms with van der Waals surface area (Å²) >= 11 is 0. The Morgan fingerprint density at radius 3 is 2.90 bits per heavy atom. The maximum Gasteiger partial charge on any atom is 0.197 e. The minimum atomic E-state index is 0.536. The van der Waals surface area contributed by atoms with Gasteiger partial charge >= 0.3 is 0 Å². The van der Waals surface area contributed by atoms with Gasteiger partial charge in [0.05, 0.1) is 6.20 Å². The molecule has 0 spiro atoms. The molecule has 54 valence electrons. The average molecular weight is 137 g/mol. The molecule has 2 atom stereocenters. The van der Waals surface area contributed by atoms with Crippen LogP contribution in [0.1, 0.15) is 25.0 Å². The van der Waals surface area contributed by atoms with Crippen molar-refractivity contribution in [2.75, 3.05) is 5.73 Å². The van der Waals surface area contributed by atoms with E-state index < -0.39 is 0 Å². The maximum absolute atomic E-state index is 5.42. The van der Waals surface area contributed by atoms with Crippen LogP contribution in [0, 0.1) is 5.92 Å². The highest BCUT2D eigenvalue weighted by Crippen LogP contribution is 2.46. The van der Waals surface area contributed by atoms with E-state index >= 15 is 0 Å². The fourth-order valence-corrected chi connectivity index (χ4v) is 1.30. The number of nitrogens with one attached hydrogen (secondary N) is 1. The Labute approximate surface area is 59.7 Å². The standard InChI is InChI=1S/C7H11N3/c1-4-2-5(4)6-3-9-7(8)10-6/h3-5H,2H2,1H3,(H3,8,9,10). The van der Waals surface area contributed by atoms with Crippen molar-refractivity contribution >= 4 is 5.95 Å². The first-order chi connectivity index (χ1) is 4.77. The molecular formula is C7H11N3. The topological polar surface area (TPSA) is 54.7 Å². The molecule has 0 bridgehead atoms. The summed E-state index contributed by atoms with van der Waals surface area (Å²) in [5, 5.41) is 0. The van der Waals surface area contributed by atoms with Crippen molar-refractivity contribution in [2.24, 2.45) is 5.92 Å². The third-order valence-corrected chi connectivity index (χ3v) is 2.12. The van der Waals surface area contributed by atoms with Crippen molar-refractivity contribution in [3.8, 4) is 0 Å². The van der Waals surface area contributed by atoms with Gasteiger partial charge in [-0.15, -0.1) is 0 Å². The van der Waals surface area contributed by atoms with Crippen LogP contribution in [0.3, 0.4) is 0 Å². The van der Waals surface area contributed by atoms with Gasteiger partial charge < -0.3 is 10.7 Å². The van der Waals surface area contributed by atoms with Crippen LogP contribution in [0.2, 0.25) is 0 Å². The lowest BCUT2D eigenvalue weighted by Gasteiger charge is -1.87. The van der Waals surface area contributed by atoms with Crippen LogP contribution in [0.15, 0.2) is 6.20 Å². The molecule has 3 N–H and O–H groups in total. The number of H-pyrrole nitrogens is 1. The van der Waals surface area contributed by atoms with Gasteiger partial charge in [-0.25, -0.2) is 4.98 Å². The van der Waals surface area contributed by atoms with E-state index in [9.17, 15) is 0 Å². The number of nitrogens with zero attached hydrogens (tertiary/aromatic N) is 1. The monoisotopic (exact) mass is 137 g/mol. The average Bonchev–Trinajstić information content (AvgIpc) is 2.42. The number of aromatic amines is 1. The van der Waals surface area contributed by atoms with E-state index in [1.165, 1.54) is 12.1 Å². The molecule has 0 amide bonds. The molecule has 0 aromatic carbocycles. The summed E-state index contributed by atoms with van der Waals surface area (Å²) in [6.45, 7) is 2.24. The Morgan fingerprint density at radius 2 is 2.50 bits per heavy atom. The van der Waals surface area contributed by atoms with E-state index in [1.54, 1.807) is 0 Å². The first-order valence-electron chi connectivity index (χ1n) is 3.58. The number of hydrogen-bond donors (Lipinski definition) is 2. The second kappa shape index (κ2) is 1.75. The molecule has 1 aromatic rings. The van der Waals surface area contributed by atoms with Crippen molar-refractivity contribution < 1.29 is 0 Å². The van der Waals surface area contributed by atoms with Gasteiger partial charge in [0, 0.05) is 11.6 Å². The van der Waals surface area contributed by atoms with Crippen LogP contribution in [0.25, 0.3) is 0 Å². The molecule has 1 aliphatic carbocycles. The number of anilines is 1. The summed E-state index contributed by atoms with van der Waals surface area (Å²) in [5.41, 5.74) is 6.62. The van der Waals surface area contributed by atoms with Gasteiger partial charge in [0.2, 0.25) is 0 Å². The lowest BCUT2D eigenvalue weighted by Crippen LogP contribution is -1.86. The number of aromatic nitrogens is 2. The van der Waals surface area contributed by atoms with Gasteiger partial charge in [0.15, 0.2) is 5.95 Å². The SMILES string of the molecule is CC1CC1c1cnc(N)[nH]1. The van der Waals surface area contributed by atoms with Gasteiger partial charge in [0.1, 0.15) is 0 Å². The Bertz CT molecular complexity index is 241. The molecule has 2 rings (SSSR count). The highest BCUT2D eigenvalue weighted by atomic mass is 15.0. The molecule has 0 radical (unpaired) electrons. The summed E-state index contributed by atoms with van der Waals surface area (Å²) in [5.74, 6) is 2.05. The van der Waals surface area contributed by atoms with Crippen LogP contribution < -0.4 is 5.73 Å². The number of imidazole rings is 1. The summed E-state index contributed by atoms with van der Waals surface area (Å²) in [6.07, 6.45) is 3.12. The molecule has 0 aliphatic heterocycles. The highest BCUT2D eigenvalue weighted by Gasteiger charge is 2.35. The fraction of sp³-hybridized carbons (Fsp3) is 0.571. The molecule has 3 heteroatoms. The molecule has 2 unspecified atom stereocenters. The molecule has 10 heavy (non-hydrogen) atoms. The van der Waals surface area contributed by atoms with Gasteiger partial charge in [-0.2, -0.15) is 0 Å². The Kier molecular flexibility index (Phi) is 1.01. The third kappa shape index (κ3) is 0.781. The van der Waals surface area contributed by atoms with Crippen molar-refractivity contribution in [3.63, 3.8) is 0 Å². The number of hydrogen-bond acceptors (Lipinski definition) is 2. The predicted molar refractivity (Wildman–Crippen MR) is 39.5 cm³/mol. The first kappa shape index (κ1) is 5.77. The summed E-state index contributed by atoms with van der Waals surface area (Å²) in [6, 6.07) is 0. The fourth-order valence-electron chi connectivity index (χ4n) is 1.30. The first-order valence-corrected chi connectivity index (χ1v) is 3.58. The van der Waals surface area contributed by atoms with Crippen molar-refractivity contribution in [3.05, 3.63) is 11.9 Å². The summed E-state index contributed by atoms with van der Waals surface area (Å²) < 4.78 is 0. The Morgan fingerprint density at radius 1 is 1.80 bits per heavy atom. The van der Waals surface area contributed by atoms with Gasteiger partial charge in [-0.3, -0.25) is 0 Å². The molecule has 1 heterocycles. The van der Waals surface area contributed by atoms with Crippen molar-refractivity contribution in [1.82, 2.24) is 9.97 Å². The van der Waals surface area contributed by atoms with E-state index in [0.29, 0.717) is 11.9 Å². The number of rotatable bonds is 1. The largest absolute Gasteiger partial charge is 0.369 e. The van der Waals surface area contributed by atoms with E-state index in [1.807, 2.05) is 6.20 Å². The van der Waals surface area contributed by atoms with Crippen molar-refractivity contribution in [1.29, 1.82) is 0 Å². The maximum atomic E-state index is 5.42. The quantitative estimate of drug-likeness (QED) is 0.609. The normalized spacial score (nSPS) is 30.5. The zero-order chi connectivity index (χ0) is 7.14. The third-order valence-electron chi connectivity index (χ3n) is 2.12. The smallest absolute Gasteiger partial charge is 0.197 e. The van der Waals surface area contributed by atoms with Crippen LogP contribution in [-0.4, -0.2) is 9.97 Å². The van der Waals surface area contributed by atoms with E-state index in [-0.39, 0.29) is 0 Å². The Hall–Kier alpha value is -0.990. The summed E-state index contributed by atoms with van der Waals surface area (Å²) in [7, 11) is 0. The number of nitrogens with two attached hydrogens (primary N) is 1. The van der Waals surface area contributed by atoms with Crippen LogP contribution >= 0.6 is 0 Å². The second-order valence-electron chi connectivity index (χ2n) is 3.04. The molecule has 3 nitrogen and oxygen atoms in total. The zero-order valence-electron chi connectivity index (χ0n) is 5.96. The van der Waals surface area contributed by atoms with E-state index in [2.05, 4.69) is 16.9 Å². The van der Waals surface area contributed by atoms with Gasteiger partial charge in [0.25, 0.3) is 0 Å². The molecular weight excluding hydrogens is 126 g/mol. The van der Waals surface area contributed by atoms with E-state index in [4.69, 9.17) is 5.73 Å². The van der Waals surface area contributed by atoms with E-state index in [0.717, 1.165) is 5.92 Å². The minimum absolute atomic E-state index is 0.536. The highest BCUT2D eigenvalue weighted by molar-refractivity contribution is 5.24. The molecule has 1 aromatic heterocycles. The zero-order valence-corrected chi connectivity index (χ0v) is 5.96. The minimum Gasteiger partial charge on any atom is -0.369 e. The molecule has 1 aliphatic rings. The van der Waals surface area contributed by atoms with Crippen molar-refractivity contribution in [2.45, 2.75) is 19.3 Å². The van der Waals surface area contributed by atoms with Crippen LogP contribution in [-0.2, 0) is 0 Å². The molecule has 0 saturated heterocycles. The molecule has 1 saturated carbocycles. The van der Waals surface area contributed by atoms with Crippen LogP contribution in [0.4, 0.5) is 5.95 Å². The lowest BCUT2D eigenvalue weighted by atomic mass is 10.3. The van der Waals surface area contributed by atoms with Gasteiger partial charge in [-0.05, 0) is 12.3 Å². The van der Waals surface area contributed by atoms with Crippen LogP contribution in [0.5, 0.6) is 0 Å². The molecule has 1 fully saturated rings. The summed E-state index contributed by atoms with van der Waals surface area (Å²) in [4.78, 5) is 6.97. The second-order valence-corrected chi connectivity index (χ2v) is 3.04.